The van der Waals surface area contributed by atoms with Crippen molar-refractivity contribution in [1.82, 2.24) is 4.90 Å². The second-order valence-corrected chi connectivity index (χ2v) is 6.05. The first-order chi connectivity index (χ1) is 9.33. The third kappa shape index (κ3) is 2.54. The van der Waals surface area contributed by atoms with Crippen molar-refractivity contribution in [3.8, 4) is 0 Å². The van der Waals surface area contributed by atoms with Crippen LogP contribution in [0.4, 0.5) is 0 Å². The van der Waals surface area contributed by atoms with E-state index in [-0.39, 0.29) is 11.6 Å². The quantitative estimate of drug-likeness (QED) is 0.844. The monoisotopic (exact) mass is 266 g/mol. The lowest BCUT2D eigenvalue weighted by Crippen LogP contribution is -2.61. The molecule has 4 heteroatoms. The van der Waals surface area contributed by atoms with E-state index in [1.54, 1.807) is 0 Å². The van der Waals surface area contributed by atoms with E-state index in [4.69, 9.17) is 15.2 Å². The van der Waals surface area contributed by atoms with Gasteiger partial charge in [-0.15, -0.1) is 0 Å². The molecule has 4 nitrogen and oxygen atoms in total. The van der Waals surface area contributed by atoms with Gasteiger partial charge < -0.3 is 15.2 Å². The molecule has 108 valence electrons. The minimum absolute atomic E-state index is 0.133. The van der Waals surface area contributed by atoms with Gasteiger partial charge in [0.2, 0.25) is 0 Å². The van der Waals surface area contributed by atoms with E-state index >= 15 is 0 Å². The first-order valence-electron chi connectivity index (χ1n) is 7.72. The first-order valence-corrected chi connectivity index (χ1v) is 7.72. The van der Waals surface area contributed by atoms with Gasteiger partial charge in [-0.1, -0.05) is 12.8 Å². The summed E-state index contributed by atoms with van der Waals surface area (Å²) in [6.45, 7) is 4.61. The van der Waals surface area contributed by atoms with E-state index in [0.717, 1.165) is 45.8 Å². The van der Waals surface area contributed by atoms with E-state index in [0.29, 0.717) is 0 Å². The highest BCUT2D eigenvalue weighted by Gasteiger charge is 2.46. The van der Waals surface area contributed by atoms with Gasteiger partial charge in [-0.25, -0.2) is 0 Å². The molecule has 2 fully saturated rings. The highest BCUT2D eigenvalue weighted by Crippen LogP contribution is 2.41. The highest BCUT2D eigenvalue weighted by atomic mass is 16.5. The van der Waals surface area contributed by atoms with E-state index in [1.165, 1.54) is 31.3 Å². The van der Waals surface area contributed by atoms with Crippen molar-refractivity contribution in [2.75, 3.05) is 32.9 Å². The molecule has 1 aliphatic carbocycles. The van der Waals surface area contributed by atoms with E-state index in [1.807, 2.05) is 6.26 Å². The molecule has 2 aliphatic heterocycles. The minimum atomic E-state index is 0.133. The zero-order chi connectivity index (χ0) is 13.1. The van der Waals surface area contributed by atoms with Gasteiger partial charge >= 0.3 is 0 Å². The Labute approximate surface area is 115 Å². The lowest BCUT2D eigenvalue weighted by atomic mass is 9.80. The van der Waals surface area contributed by atoms with Crippen molar-refractivity contribution in [3.05, 3.63) is 11.8 Å². The zero-order valence-electron chi connectivity index (χ0n) is 11.8. The fourth-order valence-electron chi connectivity index (χ4n) is 3.98. The Kier molecular flexibility index (Phi) is 4.10. The molecule has 0 amide bonds. The van der Waals surface area contributed by atoms with E-state index < -0.39 is 0 Å². The third-order valence-electron chi connectivity index (χ3n) is 5.05. The van der Waals surface area contributed by atoms with Crippen molar-refractivity contribution >= 4 is 0 Å². The van der Waals surface area contributed by atoms with Crippen LogP contribution in [0.3, 0.4) is 0 Å². The summed E-state index contributed by atoms with van der Waals surface area (Å²) in [7, 11) is 0. The lowest BCUT2D eigenvalue weighted by Gasteiger charge is -2.48. The van der Waals surface area contributed by atoms with Crippen LogP contribution in [0, 0.1) is 0 Å². The Balaban J connectivity index is 1.80. The van der Waals surface area contributed by atoms with E-state index in [2.05, 4.69) is 4.90 Å². The van der Waals surface area contributed by atoms with Crippen LogP contribution >= 0.6 is 0 Å². The van der Waals surface area contributed by atoms with Crippen LogP contribution < -0.4 is 5.73 Å². The molecule has 0 aromatic rings. The van der Waals surface area contributed by atoms with Gasteiger partial charge in [0.15, 0.2) is 0 Å². The number of nitrogens with zero attached hydrogens (tertiary/aromatic N) is 1. The summed E-state index contributed by atoms with van der Waals surface area (Å²) < 4.78 is 11.0. The summed E-state index contributed by atoms with van der Waals surface area (Å²) in [5, 5.41) is 0. The van der Waals surface area contributed by atoms with Crippen LogP contribution in [0.5, 0.6) is 0 Å². The Morgan fingerprint density at radius 2 is 1.84 bits per heavy atom. The van der Waals surface area contributed by atoms with Crippen LogP contribution in [0.25, 0.3) is 0 Å². The van der Waals surface area contributed by atoms with E-state index in [9.17, 15) is 0 Å². The largest absolute Gasteiger partial charge is 0.501 e. The molecule has 3 aliphatic rings. The van der Waals surface area contributed by atoms with Crippen LogP contribution in [0.15, 0.2) is 11.8 Å². The van der Waals surface area contributed by atoms with Crippen LogP contribution in [0.1, 0.15) is 38.5 Å². The molecule has 0 radical (unpaired) electrons. The van der Waals surface area contributed by atoms with Gasteiger partial charge in [0, 0.05) is 24.7 Å². The zero-order valence-corrected chi connectivity index (χ0v) is 11.8. The maximum absolute atomic E-state index is 6.69. The average Bonchev–Trinajstić information content (AvgIpc) is 2.99. The minimum Gasteiger partial charge on any atom is -0.501 e. The van der Waals surface area contributed by atoms with Gasteiger partial charge in [-0.2, -0.15) is 0 Å². The summed E-state index contributed by atoms with van der Waals surface area (Å²) in [6.07, 6.45) is 9.22. The number of rotatable bonds is 3. The summed E-state index contributed by atoms with van der Waals surface area (Å²) in [6, 6.07) is 0.133. The standard InChI is InChI=1S/C15H26N2O2/c16-14(13-4-3-9-19-12-13)15(5-1-2-6-15)17-7-10-18-11-8-17/h12,14H,1-11,16H2. The summed E-state index contributed by atoms with van der Waals surface area (Å²) >= 11 is 0. The number of hydrogen-bond acceptors (Lipinski definition) is 4. The highest BCUT2D eigenvalue weighted by molar-refractivity contribution is 5.20. The molecule has 0 aromatic carbocycles. The van der Waals surface area contributed by atoms with Crippen LogP contribution in [0.2, 0.25) is 0 Å². The van der Waals surface area contributed by atoms with Gasteiger partial charge in [0.05, 0.1) is 26.1 Å². The van der Waals surface area contributed by atoms with Gasteiger partial charge in [-0.3, -0.25) is 4.90 Å². The molecule has 2 heterocycles. The molecular formula is C15H26N2O2. The SMILES string of the molecule is NC(C1=COCCC1)C1(N2CCOCC2)CCCC1. The molecule has 1 saturated heterocycles. The van der Waals surface area contributed by atoms with Crippen molar-refractivity contribution < 1.29 is 9.47 Å². The fourth-order valence-corrected chi connectivity index (χ4v) is 3.98. The smallest absolute Gasteiger partial charge is 0.0876 e. The maximum Gasteiger partial charge on any atom is 0.0876 e. The van der Waals surface area contributed by atoms with Crippen molar-refractivity contribution in [2.24, 2.45) is 5.73 Å². The second kappa shape index (κ2) is 5.81. The number of morpholine rings is 1. The Hall–Kier alpha value is -0.580. The molecule has 19 heavy (non-hydrogen) atoms. The molecule has 1 saturated carbocycles. The number of nitrogens with two attached hydrogens (primary N) is 1. The number of ether oxygens (including phenoxy) is 2. The summed E-state index contributed by atoms with van der Waals surface area (Å²) in [5.74, 6) is 0. The van der Waals surface area contributed by atoms with Crippen molar-refractivity contribution in [2.45, 2.75) is 50.1 Å². The van der Waals surface area contributed by atoms with Gasteiger partial charge in [0.25, 0.3) is 0 Å². The summed E-state index contributed by atoms with van der Waals surface area (Å²) in [4.78, 5) is 2.60. The fraction of sp³-hybridized carbons (Fsp3) is 0.867. The molecule has 0 spiro atoms. The van der Waals surface area contributed by atoms with Crippen molar-refractivity contribution in [3.63, 3.8) is 0 Å². The summed E-state index contributed by atoms with van der Waals surface area (Å²) in [5.41, 5.74) is 8.17. The van der Waals surface area contributed by atoms with Crippen LogP contribution in [-0.2, 0) is 9.47 Å². The Bertz CT molecular complexity index is 331. The maximum atomic E-state index is 6.69. The van der Waals surface area contributed by atoms with Crippen LogP contribution in [-0.4, -0.2) is 49.4 Å². The average molecular weight is 266 g/mol. The molecule has 0 bridgehead atoms. The molecule has 2 N–H and O–H groups in total. The normalized spacial score (nSPS) is 29.6. The second-order valence-electron chi connectivity index (χ2n) is 6.05. The molecular weight excluding hydrogens is 240 g/mol. The molecule has 1 unspecified atom stereocenters. The third-order valence-corrected chi connectivity index (χ3v) is 5.05. The van der Waals surface area contributed by atoms with Crippen molar-refractivity contribution in [1.29, 1.82) is 0 Å². The first kappa shape index (κ1) is 13.4. The van der Waals surface area contributed by atoms with Gasteiger partial charge in [0.1, 0.15) is 0 Å². The predicted octanol–water partition coefficient (Wildman–Crippen LogP) is 1.65. The topological polar surface area (TPSA) is 47.7 Å². The molecule has 1 atom stereocenters. The lowest BCUT2D eigenvalue weighted by molar-refractivity contribution is -0.0275. The Morgan fingerprint density at radius 3 is 2.47 bits per heavy atom. The Morgan fingerprint density at radius 1 is 1.11 bits per heavy atom. The predicted molar refractivity (Wildman–Crippen MR) is 74.8 cm³/mol. The number of hydrogen-bond donors (Lipinski definition) is 1. The molecule has 3 rings (SSSR count). The van der Waals surface area contributed by atoms with Gasteiger partial charge in [-0.05, 0) is 31.3 Å². The molecule has 0 aromatic heterocycles.